The van der Waals surface area contributed by atoms with Crippen LogP contribution < -0.4 is 11.1 Å². The molecule has 0 saturated heterocycles. The molecule has 0 aliphatic heterocycles. The monoisotopic (exact) mass is 255 g/mol. The molecule has 3 nitrogen and oxygen atoms in total. The zero-order valence-electron chi connectivity index (χ0n) is 11.3. The van der Waals surface area contributed by atoms with Crippen molar-refractivity contribution < 1.29 is 0 Å². The van der Waals surface area contributed by atoms with E-state index in [1.165, 1.54) is 10.9 Å². The van der Waals surface area contributed by atoms with Crippen molar-refractivity contribution in [1.29, 1.82) is 0 Å². The Kier molecular flexibility index (Phi) is 5.07. The molecule has 0 spiro atoms. The number of rotatable bonds is 6. The van der Waals surface area contributed by atoms with Gasteiger partial charge in [-0.05, 0) is 30.8 Å². The van der Waals surface area contributed by atoms with Crippen LogP contribution >= 0.6 is 0 Å². The zero-order valence-corrected chi connectivity index (χ0v) is 11.3. The second-order valence-electron chi connectivity index (χ2n) is 4.55. The Morgan fingerprint density at radius 3 is 2.95 bits per heavy atom. The first-order valence-electron chi connectivity index (χ1n) is 6.74. The minimum absolute atomic E-state index is 0.156. The molecule has 100 valence electrons. The number of hydrogen-bond acceptors (Lipinski definition) is 3. The summed E-state index contributed by atoms with van der Waals surface area (Å²) in [4.78, 5) is 4.32. The van der Waals surface area contributed by atoms with E-state index in [2.05, 4.69) is 40.7 Å². The third-order valence-corrected chi connectivity index (χ3v) is 3.25. The Morgan fingerprint density at radius 1 is 1.32 bits per heavy atom. The van der Waals surface area contributed by atoms with Gasteiger partial charge in [0.25, 0.3) is 0 Å². The van der Waals surface area contributed by atoms with Gasteiger partial charge in [-0.25, -0.2) is 0 Å². The van der Waals surface area contributed by atoms with Gasteiger partial charge in [0, 0.05) is 30.4 Å². The van der Waals surface area contributed by atoms with Crippen LogP contribution in [-0.4, -0.2) is 18.1 Å². The molecule has 0 amide bonds. The van der Waals surface area contributed by atoms with Crippen molar-refractivity contribution in [2.24, 2.45) is 5.73 Å². The van der Waals surface area contributed by atoms with Gasteiger partial charge in [0.05, 0.1) is 0 Å². The average Bonchev–Trinajstić information content (AvgIpc) is 2.47. The SMILES string of the molecule is C/C=C/CCNC(CN)c1cncc2ccccc12. The van der Waals surface area contributed by atoms with Crippen molar-refractivity contribution in [3.05, 3.63) is 54.4 Å². The van der Waals surface area contributed by atoms with Crippen LogP contribution in [0.1, 0.15) is 24.9 Å². The molecular formula is C16H21N3. The normalized spacial score (nSPS) is 13.2. The van der Waals surface area contributed by atoms with Crippen molar-refractivity contribution in [3.63, 3.8) is 0 Å². The third kappa shape index (κ3) is 3.40. The fourth-order valence-corrected chi connectivity index (χ4v) is 2.25. The number of aromatic nitrogens is 1. The summed E-state index contributed by atoms with van der Waals surface area (Å²) in [5.74, 6) is 0. The van der Waals surface area contributed by atoms with Crippen LogP contribution in [-0.2, 0) is 0 Å². The van der Waals surface area contributed by atoms with E-state index in [4.69, 9.17) is 5.73 Å². The minimum Gasteiger partial charge on any atom is -0.329 e. The number of allylic oxidation sites excluding steroid dienone is 1. The van der Waals surface area contributed by atoms with E-state index in [-0.39, 0.29) is 6.04 Å². The van der Waals surface area contributed by atoms with Gasteiger partial charge in [-0.2, -0.15) is 0 Å². The maximum Gasteiger partial charge on any atom is 0.0466 e. The van der Waals surface area contributed by atoms with Crippen molar-refractivity contribution >= 4 is 10.8 Å². The molecule has 19 heavy (non-hydrogen) atoms. The first kappa shape index (κ1) is 13.7. The van der Waals surface area contributed by atoms with Crippen LogP contribution in [0.25, 0.3) is 10.8 Å². The Labute approximate surface area is 114 Å². The number of nitrogens with one attached hydrogen (secondary N) is 1. The zero-order chi connectivity index (χ0) is 13.5. The summed E-state index contributed by atoms with van der Waals surface area (Å²) in [6.45, 7) is 3.54. The van der Waals surface area contributed by atoms with Gasteiger partial charge in [0.1, 0.15) is 0 Å². The second-order valence-corrected chi connectivity index (χ2v) is 4.55. The number of hydrogen-bond donors (Lipinski definition) is 2. The van der Waals surface area contributed by atoms with Crippen LogP contribution in [0.15, 0.2) is 48.8 Å². The van der Waals surface area contributed by atoms with E-state index in [0.717, 1.165) is 18.4 Å². The van der Waals surface area contributed by atoms with Gasteiger partial charge < -0.3 is 11.1 Å². The molecule has 1 aromatic carbocycles. The highest BCUT2D eigenvalue weighted by molar-refractivity contribution is 5.85. The van der Waals surface area contributed by atoms with E-state index in [9.17, 15) is 0 Å². The maximum absolute atomic E-state index is 5.90. The van der Waals surface area contributed by atoms with Crippen LogP contribution in [0, 0.1) is 0 Å². The van der Waals surface area contributed by atoms with E-state index in [1.807, 2.05) is 25.4 Å². The molecule has 1 unspecified atom stereocenters. The predicted molar refractivity (Wildman–Crippen MR) is 81.0 cm³/mol. The summed E-state index contributed by atoms with van der Waals surface area (Å²) in [7, 11) is 0. The number of benzene rings is 1. The number of fused-ring (bicyclic) bond motifs is 1. The fourth-order valence-electron chi connectivity index (χ4n) is 2.25. The fraction of sp³-hybridized carbons (Fsp3) is 0.312. The Bertz CT molecular complexity index is 543. The highest BCUT2D eigenvalue weighted by Gasteiger charge is 2.11. The molecule has 1 heterocycles. The molecule has 0 fully saturated rings. The molecule has 3 N–H and O–H groups in total. The smallest absolute Gasteiger partial charge is 0.0466 e. The lowest BCUT2D eigenvalue weighted by Crippen LogP contribution is -2.29. The van der Waals surface area contributed by atoms with Gasteiger partial charge >= 0.3 is 0 Å². The standard InChI is InChI=1S/C16H21N3/c1-2-3-6-9-19-16(10-17)15-12-18-11-13-7-4-5-8-14(13)15/h2-5,7-8,11-12,16,19H,6,9-10,17H2,1H3/b3-2+. The van der Waals surface area contributed by atoms with E-state index < -0.39 is 0 Å². The highest BCUT2D eigenvalue weighted by atomic mass is 14.9. The first-order chi connectivity index (χ1) is 9.36. The minimum atomic E-state index is 0.156. The Morgan fingerprint density at radius 2 is 2.16 bits per heavy atom. The molecule has 0 radical (unpaired) electrons. The molecule has 2 aromatic rings. The molecule has 3 heteroatoms. The maximum atomic E-state index is 5.90. The van der Waals surface area contributed by atoms with Crippen molar-refractivity contribution in [3.8, 4) is 0 Å². The molecule has 1 aromatic heterocycles. The Balaban J connectivity index is 2.20. The largest absolute Gasteiger partial charge is 0.329 e. The van der Waals surface area contributed by atoms with Crippen molar-refractivity contribution in [2.45, 2.75) is 19.4 Å². The lowest BCUT2D eigenvalue weighted by molar-refractivity contribution is 0.550. The molecule has 0 bridgehead atoms. The van der Waals surface area contributed by atoms with E-state index >= 15 is 0 Å². The van der Waals surface area contributed by atoms with Crippen LogP contribution in [0.5, 0.6) is 0 Å². The van der Waals surface area contributed by atoms with E-state index in [0.29, 0.717) is 6.54 Å². The lowest BCUT2D eigenvalue weighted by Gasteiger charge is -2.18. The van der Waals surface area contributed by atoms with Gasteiger partial charge in [0.2, 0.25) is 0 Å². The lowest BCUT2D eigenvalue weighted by atomic mass is 10.0. The van der Waals surface area contributed by atoms with Gasteiger partial charge in [-0.1, -0.05) is 36.4 Å². The molecule has 2 rings (SSSR count). The summed E-state index contributed by atoms with van der Waals surface area (Å²) in [6.07, 6.45) is 9.06. The average molecular weight is 255 g/mol. The summed E-state index contributed by atoms with van der Waals surface area (Å²) >= 11 is 0. The Hall–Kier alpha value is -1.71. The van der Waals surface area contributed by atoms with Crippen LogP contribution in [0.4, 0.5) is 0 Å². The van der Waals surface area contributed by atoms with Gasteiger partial charge in [-0.15, -0.1) is 0 Å². The summed E-state index contributed by atoms with van der Waals surface area (Å²) < 4.78 is 0. The summed E-state index contributed by atoms with van der Waals surface area (Å²) in [6, 6.07) is 8.45. The molecule has 0 aliphatic rings. The molecule has 0 aliphatic carbocycles. The van der Waals surface area contributed by atoms with Gasteiger partial charge in [-0.3, -0.25) is 4.98 Å². The van der Waals surface area contributed by atoms with Crippen LogP contribution in [0.2, 0.25) is 0 Å². The molecule has 1 atom stereocenters. The topological polar surface area (TPSA) is 50.9 Å². The van der Waals surface area contributed by atoms with E-state index in [1.54, 1.807) is 0 Å². The number of pyridine rings is 1. The quantitative estimate of drug-likeness (QED) is 0.616. The first-order valence-corrected chi connectivity index (χ1v) is 6.74. The third-order valence-electron chi connectivity index (χ3n) is 3.25. The summed E-state index contributed by atoms with van der Waals surface area (Å²) in [5.41, 5.74) is 7.08. The number of nitrogens with two attached hydrogens (primary N) is 1. The predicted octanol–water partition coefficient (Wildman–Crippen LogP) is 2.79. The summed E-state index contributed by atoms with van der Waals surface area (Å²) in [5, 5.41) is 5.89. The van der Waals surface area contributed by atoms with Crippen molar-refractivity contribution in [2.75, 3.05) is 13.1 Å². The van der Waals surface area contributed by atoms with Crippen molar-refractivity contribution in [1.82, 2.24) is 10.3 Å². The molecular weight excluding hydrogens is 234 g/mol. The van der Waals surface area contributed by atoms with Gasteiger partial charge in [0.15, 0.2) is 0 Å². The second kappa shape index (κ2) is 7.02. The number of nitrogens with zero attached hydrogens (tertiary/aromatic N) is 1. The van der Waals surface area contributed by atoms with Crippen LogP contribution in [0.3, 0.4) is 0 Å². The molecule has 0 saturated carbocycles. The highest BCUT2D eigenvalue weighted by Crippen LogP contribution is 2.22.